The molecule has 3 atom stereocenters. The average Bonchev–Trinajstić information content (AvgIpc) is 3.42. The van der Waals surface area contributed by atoms with Crippen molar-refractivity contribution in [3.8, 4) is 11.5 Å². The minimum Gasteiger partial charge on any atom is -0.454 e. The van der Waals surface area contributed by atoms with E-state index in [-0.39, 0.29) is 31.7 Å². The first-order chi connectivity index (χ1) is 19.4. The number of rotatable bonds is 9. The van der Waals surface area contributed by atoms with E-state index >= 15 is 0 Å². The van der Waals surface area contributed by atoms with Crippen molar-refractivity contribution in [3.05, 3.63) is 47.8 Å². The second-order valence-electron chi connectivity index (χ2n) is 10.8. The molecule has 2 fully saturated rings. The molecule has 2 aromatic rings. The number of amides is 3. The Morgan fingerprint density at radius 1 is 1.18 bits per heavy atom. The van der Waals surface area contributed by atoms with Crippen molar-refractivity contribution in [3.63, 3.8) is 0 Å². The molecule has 1 aliphatic carbocycles. The summed E-state index contributed by atoms with van der Waals surface area (Å²) in [6.07, 6.45) is 4.76. The summed E-state index contributed by atoms with van der Waals surface area (Å²) >= 11 is 0. The molecule has 3 aliphatic heterocycles. The van der Waals surface area contributed by atoms with Crippen molar-refractivity contribution < 1.29 is 33.5 Å². The van der Waals surface area contributed by atoms with Gasteiger partial charge in [0.15, 0.2) is 17.1 Å². The van der Waals surface area contributed by atoms with Gasteiger partial charge in [-0.3, -0.25) is 19.2 Å². The Kier molecular flexibility index (Phi) is 6.68. The third-order valence-electron chi connectivity index (χ3n) is 7.68. The SMILES string of the molecule is CCC[C@H](NC(=O)C1C[C@]2(CC(c3ccc4c(c3)OCO4)=NO2)CN1C(=O)c1ccc[nH]1)C(=O)C(=O)NC1CC1. The maximum Gasteiger partial charge on any atom is 0.289 e. The Bertz CT molecular complexity index is 1370. The number of aromatic amines is 1. The van der Waals surface area contributed by atoms with Crippen LogP contribution in [0.15, 0.2) is 41.7 Å². The Labute approximate surface area is 230 Å². The molecular weight excluding hydrogens is 518 g/mol. The van der Waals surface area contributed by atoms with Crippen molar-refractivity contribution >= 4 is 29.2 Å². The summed E-state index contributed by atoms with van der Waals surface area (Å²) in [5.41, 5.74) is 0.868. The molecule has 1 spiro atoms. The van der Waals surface area contributed by atoms with Gasteiger partial charge in [-0.2, -0.15) is 0 Å². The molecule has 1 unspecified atom stereocenters. The van der Waals surface area contributed by atoms with Crippen LogP contribution in [0.1, 0.15) is 61.5 Å². The van der Waals surface area contributed by atoms with Gasteiger partial charge in [0.1, 0.15) is 11.7 Å². The molecular formula is C28H31N5O7. The van der Waals surface area contributed by atoms with Crippen molar-refractivity contribution in [1.82, 2.24) is 20.5 Å². The van der Waals surface area contributed by atoms with E-state index in [0.29, 0.717) is 42.2 Å². The zero-order valence-corrected chi connectivity index (χ0v) is 22.1. The molecule has 4 heterocycles. The predicted molar refractivity (Wildman–Crippen MR) is 141 cm³/mol. The molecule has 4 aliphatic rings. The summed E-state index contributed by atoms with van der Waals surface area (Å²) < 4.78 is 10.9. The highest BCUT2D eigenvalue weighted by atomic mass is 16.7. The number of hydrogen-bond acceptors (Lipinski definition) is 8. The topological polar surface area (TPSA) is 151 Å². The highest BCUT2D eigenvalue weighted by molar-refractivity contribution is 6.38. The Balaban J connectivity index is 1.21. The Morgan fingerprint density at radius 3 is 2.75 bits per heavy atom. The van der Waals surface area contributed by atoms with E-state index < -0.39 is 35.3 Å². The van der Waals surface area contributed by atoms with Gasteiger partial charge in [-0.25, -0.2) is 0 Å². The van der Waals surface area contributed by atoms with Crippen LogP contribution in [-0.4, -0.2) is 76.2 Å². The molecule has 3 N–H and O–H groups in total. The van der Waals surface area contributed by atoms with E-state index in [9.17, 15) is 19.2 Å². The molecule has 12 heteroatoms. The van der Waals surface area contributed by atoms with Gasteiger partial charge >= 0.3 is 0 Å². The zero-order valence-electron chi connectivity index (χ0n) is 22.1. The lowest BCUT2D eigenvalue weighted by molar-refractivity contribution is -0.140. The van der Waals surface area contributed by atoms with Crippen LogP contribution < -0.4 is 20.1 Å². The number of likely N-dealkylation sites (tertiary alicyclic amines) is 1. The average molecular weight is 550 g/mol. The van der Waals surface area contributed by atoms with Crippen LogP contribution in [0.2, 0.25) is 0 Å². The van der Waals surface area contributed by atoms with Gasteiger partial charge in [0, 0.05) is 30.6 Å². The number of oxime groups is 1. The van der Waals surface area contributed by atoms with Crippen LogP contribution in [0, 0.1) is 0 Å². The highest BCUT2D eigenvalue weighted by Gasteiger charge is 2.54. The number of carbonyl (C=O) groups excluding carboxylic acids is 4. The van der Waals surface area contributed by atoms with Gasteiger partial charge in [0.05, 0.1) is 18.3 Å². The highest BCUT2D eigenvalue weighted by Crippen LogP contribution is 2.41. The minimum absolute atomic E-state index is 0.0245. The molecule has 0 radical (unpaired) electrons. The number of fused-ring (bicyclic) bond motifs is 1. The number of aromatic nitrogens is 1. The molecule has 1 saturated carbocycles. The van der Waals surface area contributed by atoms with Crippen molar-refractivity contribution in [2.24, 2.45) is 5.16 Å². The summed E-state index contributed by atoms with van der Waals surface area (Å²) in [4.78, 5) is 62.8. The molecule has 1 aromatic heterocycles. The van der Waals surface area contributed by atoms with Crippen molar-refractivity contribution in [1.29, 1.82) is 0 Å². The van der Waals surface area contributed by atoms with Gasteiger partial charge in [0.2, 0.25) is 18.5 Å². The number of nitrogens with one attached hydrogen (secondary N) is 3. The number of hydrogen-bond donors (Lipinski definition) is 3. The first-order valence-corrected chi connectivity index (χ1v) is 13.6. The molecule has 6 rings (SSSR count). The van der Waals surface area contributed by atoms with Crippen LogP contribution in [0.25, 0.3) is 0 Å². The lowest BCUT2D eigenvalue weighted by Crippen LogP contribution is -2.53. The Morgan fingerprint density at radius 2 is 2.00 bits per heavy atom. The standard InChI is InChI=1S/C28H31N5O7/c1-2-4-18(24(34)26(36)30-17-7-8-17)31-25(35)21-13-28(14-33(21)27(37)19-5-3-10-29-19)12-20(32-40-28)16-6-9-22-23(11-16)39-15-38-22/h3,5-6,9-11,17-18,21,29H,2,4,7-8,12-15H2,1H3,(H,30,36)(H,31,35)/t18-,21?,28+/m0/s1. The lowest BCUT2D eigenvalue weighted by Gasteiger charge is -2.25. The lowest BCUT2D eigenvalue weighted by atomic mass is 9.91. The molecule has 40 heavy (non-hydrogen) atoms. The number of carbonyl (C=O) groups is 4. The van der Waals surface area contributed by atoms with E-state index in [0.717, 1.165) is 18.4 Å². The summed E-state index contributed by atoms with van der Waals surface area (Å²) in [6, 6.07) is 6.95. The second kappa shape index (κ2) is 10.3. The number of Topliss-reactive ketones (excluding diaryl/α,β-unsaturated/α-hetero) is 1. The summed E-state index contributed by atoms with van der Waals surface area (Å²) in [5, 5.41) is 9.79. The molecule has 1 saturated heterocycles. The fourth-order valence-electron chi connectivity index (χ4n) is 5.43. The largest absolute Gasteiger partial charge is 0.454 e. The van der Waals surface area contributed by atoms with Crippen LogP contribution >= 0.6 is 0 Å². The van der Waals surface area contributed by atoms with Crippen LogP contribution in [-0.2, 0) is 19.2 Å². The van der Waals surface area contributed by atoms with Gasteiger partial charge in [-0.1, -0.05) is 18.5 Å². The quantitative estimate of drug-likeness (QED) is 0.402. The second-order valence-corrected chi connectivity index (χ2v) is 10.8. The number of ether oxygens (including phenoxy) is 2. The number of benzene rings is 1. The zero-order chi connectivity index (χ0) is 27.9. The predicted octanol–water partition coefficient (Wildman–Crippen LogP) is 1.65. The molecule has 3 amide bonds. The number of ketones is 1. The van der Waals surface area contributed by atoms with E-state index in [1.54, 1.807) is 24.4 Å². The molecule has 12 nitrogen and oxygen atoms in total. The monoisotopic (exact) mass is 549 g/mol. The van der Waals surface area contributed by atoms with E-state index in [4.69, 9.17) is 14.3 Å². The minimum atomic E-state index is -0.986. The number of H-pyrrole nitrogens is 1. The molecule has 1 aromatic carbocycles. The van der Waals surface area contributed by atoms with Crippen LogP contribution in [0.4, 0.5) is 0 Å². The van der Waals surface area contributed by atoms with Gasteiger partial charge in [-0.05, 0) is 49.6 Å². The molecule has 210 valence electrons. The van der Waals surface area contributed by atoms with E-state index in [1.807, 2.05) is 19.1 Å². The number of nitrogens with zero attached hydrogens (tertiary/aromatic N) is 2. The maximum absolute atomic E-state index is 13.7. The first-order valence-electron chi connectivity index (χ1n) is 13.6. The fourth-order valence-corrected chi connectivity index (χ4v) is 5.43. The van der Waals surface area contributed by atoms with Gasteiger partial charge in [-0.15, -0.1) is 0 Å². The van der Waals surface area contributed by atoms with E-state index in [2.05, 4.69) is 20.8 Å². The van der Waals surface area contributed by atoms with Crippen molar-refractivity contribution in [2.45, 2.75) is 69.2 Å². The summed E-state index contributed by atoms with van der Waals surface area (Å²) in [6.45, 7) is 2.15. The third kappa shape index (κ3) is 5.01. The molecule has 0 bridgehead atoms. The summed E-state index contributed by atoms with van der Waals surface area (Å²) in [7, 11) is 0. The Hall–Kier alpha value is -4.35. The van der Waals surface area contributed by atoms with Gasteiger partial charge in [0.25, 0.3) is 11.8 Å². The third-order valence-corrected chi connectivity index (χ3v) is 7.68. The van der Waals surface area contributed by atoms with Gasteiger partial charge < -0.3 is 34.8 Å². The smallest absolute Gasteiger partial charge is 0.289 e. The van der Waals surface area contributed by atoms with E-state index in [1.165, 1.54) is 4.90 Å². The van der Waals surface area contributed by atoms with Crippen molar-refractivity contribution in [2.75, 3.05) is 13.3 Å². The summed E-state index contributed by atoms with van der Waals surface area (Å²) in [5.74, 6) is -0.979. The maximum atomic E-state index is 13.7. The fraction of sp³-hybridized carbons (Fsp3) is 0.464. The first kappa shape index (κ1) is 25.9. The normalized spacial score (nSPS) is 23.5. The van der Waals surface area contributed by atoms with Crippen LogP contribution in [0.5, 0.6) is 11.5 Å². The van der Waals surface area contributed by atoms with Crippen LogP contribution in [0.3, 0.4) is 0 Å².